The zero-order valence-corrected chi connectivity index (χ0v) is 12.9. The highest BCUT2D eigenvalue weighted by molar-refractivity contribution is 6.34. The number of para-hydroxylation sites is 1. The van der Waals surface area contributed by atoms with Crippen LogP contribution in [-0.2, 0) is 9.59 Å². The van der Waals surface area contributed by atoms with Crippen LogP contribution in [0.1, 0.15) is 12.8 Å². The normalized spacial score (nSPS) is 14.9. The van der Waals surface area contributed by atoms with Crippen molar-refractivity contribution in [1.29, 1.82) is 0 Å². The van der Waals surface area contributed by atoms with Crippen molar-refractivity contribution in [2.75, 3.05) is 10.6 Å². The van der Waals surface area contributed by atoms with Crippen molar-refractivity contribution in [2.24, 2.45) is 5.41 Å². The van der Waals surface area contributed by atoms with Crippen LogP contribution in [0.4, 0.5) is 15.8 Å². The van der Waals surface area contributed by atoms with Gasteiger partial charge in [0, 0.05) is 5.69 Å². The zero-order valence-electron chi connectivity index (χ0n) is 12.1. The molecule has 0 atom stereocenters. The largest absolute Gasteiger partial charge is 0.325 e. The molecule has 1 fully saturated rings. The van der Waals surface area contributed by atoms with Gasteiger partial charge < -0.3 is 10.6 Å². The first-order valence-electron chi connectivity index (χ1n) is 7.14. The van der Waals surface area contributed by atoms with Crippen LogP contribution in [0.3, 0.4) is 0 Å². The van der Waals surface area contributed by atoms with E-state index in [1.54, 1.807) is 24.3 Å². The lowest BCUT2D eigenvalue weighted by Crippen LogP contribution is -2.35. The predicted octanol–water partition coefficient (Wildman–Crippen LogP) is 3.84. The summed E-state index contributed by atoms with van der Waals surface area (Å²) < 4.78 is 12.9. The third kappa shape index (κ3) is 3.19. The number of hydrogen-bond acceptors (Lipinski definition) is 2. The molecule has 0 saturated heterocycles. The quantitative estimate of drug-likeness (QED) is 0.836. The number of amides is 2. The van der Waals surface area contributed by atoms with Crippen molar-refractivity contribution in [3.05, 3.63) is 59.4 Å². The molecule has 6 heteroatoms. The minimum absolute atomic E-state index is 0.384. The van der Waals surface area contributed by atoms with E-state index < -0.39 is 11.3 Å². The average Bonchev–Trinajstić information content (AvgIpc) is 3.34. The molecule has 2 N–H and O–H groups in total. The molecule has 2 amide bonds. The molecule has 0 unspecified atom stereocenters. The topological polar surface area (TPSA) is 58.2 Å². The molecule has 0 aliphatic heterocycles. The van der Waals surface area contributed by atoms with Gasteiger partial charge in [-0.1, -0.05) is 23.7 Å². The summed E-state index contributed by atoms with van der Waals surface area (Å²) in [6.07, 6.45) is 0.937. The molecule has 2 aromatic carbocycles. The zero-order chi connectivity index (χ0) is 16.4. The molecule has 2 aromatic rings. The highest BCUT2D eigenvalue weighted by atomic mass is 35.5. The standard InChI is InChI=1S/C17H14ClFN2O2/c18-13-3-1-2-4-14(13)21-16(23)17(9-10-17)15(22)20-12-7-5-11(19)6-8-12/h1-8H,9-10H2,(H,20,22)(H,21,23). The van der Waals surface area contributed by atoms with Crippen LogP contribution in [0.5, 0.6) is 0 Å². The lowest BCUT2D eigenvalue weighted by molar-refractivity contribution is -0.131. The van der Waals surface area contributed by atoms with Crippen molar-refractivity contribution < 1.29 is 14.0 Å². The maximum absolute atomic E-state index is 12.9. The van der Waals surface area contributed by atoms with Crippen molar-refractivity contribution in [1.82, 2.24) is 0 Å². The van der Waals surface area contributed by atoms with E-state index in [0.29, 0.717) is 29.2 Å². The van der Waals surface area contributed by atoms with Gasteiger partial charge >= 0.3 is 0 Å². The first-order valence-corrected chi connectivity index (χ1v) is 7.52. The van der Waals surface area contributed by atoms with Gasteiger partial charge in [0.1, 0.15) is 11.2 Å². The summed E-state index contributed by atoms with van der Waals surface area (Å²) in [5.41, 5.74) is -0.165. The van der Waals surface area contributed by atoms with Crippen molar-refractivity contribution >= 4 is 34.8 Å². The Kier molecular flexibility index (Phi) is 4.05. The third-order valence-electron chi connectivity index (χ3n) is 3.84. The summed E-state index contributed by atoms with van der Waals surface area (Å²) in [6.45, 7) is 0. The maximum atomic E-state index is 12.9. The lowest BCUT2D eigenvalue weighted by Gasteiger charge is -2.16. The molecular formula is C17H14ClFN2O2. The molecule has 1 aliphatic rings. The maximum Gasteiger partial charge on any atom is 0.240 e. The van der Waals surface area contributed by atoms with E-state index in [2.05, 4.69) is 10.6 Å². The molecule has 0 spiro atoms. The fraction of sp³-hybridized carbons (Fsp3) is 0.176. The van der Waals surface area contributed by atoms with Gasteiger partial charge in [0.2, 0.25) is 11.8 Å². The van der Waals surface area contributed by atoms with E-state index in [1.807, 2.05) is 0 Å². The molecule has 23 heavy (non-hydrogen) atoms. The third-order valence-corrected chi connectivity index (χ3v) is 4.17. The molecule has 0 aromatic heterocycles. The van der Waals surface area contributed by atoms with Crippen LogP contribution in [0.15, 0.2) is 48.5 Å². The van der Waals surface area contributed by atoms with Gasteiger partial charge in [-0.05, 0) is 49.2 Å². The second kappa shape index (κ2) is 6.01. The van der Waals surface area contributed by atoms with E-state index in [4.69, 9.17) is 11.6 Å². The molecule has 0 bridgehead atoms. The Balaban J connectivity index is 1.71. The van der Waals surface area contributed by atoms with Crippen LogP contribution in [0.25, 0.3) is 0 Å². The van der Waals surface area contributed by atoms with Gasteiger partial charge in [0.05, 0.1) is 10.7 Å². The SMILES string of the molecule is O=C(Nc1ccc(F)cc1)C1(C(=O)Nc2ccccc2Cl)CC1. The minimum atomic E-state index is -1.09. The second-order valence-electron chi connectivity index (χ2n) is 5.48. The highest BCUT2D eigenvalue weighted by Gasteiger charge is 2.56. The van der Waals surface area contributed by atoms with Gasteiger partial charge in [-0.3, -0.25) is 9.59 Å². The predicted molar refractivity (Wildman–Crippen MR) is 86.8 cm³/mol. The summed E-state index contributed by atoms with van der Waals surface area (Å²) in [7, 11) is 0. The number of anilines is 2. The Morgan fingerprint density at radius 3 is 2.17 bits per heavy atom. The van der Waals surface area contributed by atoms with Crippen LogP contribution in [-0.4, -0.2) is 11.8 Å². The monoisotopic (exact) mass is 332 g/mol. The van der Waals surface area contributed by atoms with Crippen LogP contribution in [0.2, 0.25) is 5.02 Å². The molecule has 1 saturated carbocycles. The van der Waals surface area contributed by atoms with Gasteiger partial charge in [-0.25, -0.2) is 4.39 Å². The number of rotatable bonds is 4. The molecular weight excluding hydrogens is 319 g/mol. The van der Waals surface area contributed by atoms with Crippen LogP contribution >= 0.6 is 11.6 Å². The molecule has 118 valence electrons. The molecule has 0 radical (unpaired) electrons. The first-order chi connectivity index (χ1) is 11.0. The van der Waals surface area contributed by atoms with Gasteiger partial charge in [-0.15, -0.1) is 0 Å². The highest BCUT2D eigenvalue weighted by Crippen LogP contribution is 2.47. The summed E-state index contributed by atoms with van der Waals surface area (Å²) >= 11 is 6.01. The summed E-state index contributed by atoms with van der Waals surface area (Å²) in [4.78, 5) is 24.8. The lowest BCUT2D eigenvalue weighted by atomic mass is 10.0. The number of halogens is 2. The van der Waals surface area contributed by atoms with E-state index in [1.165, 1.54) is 24.3 Å². The van der Waals surface area contributed by atoms with Crippen molar-refractivity contribution in [2.45, 2.75) is 12.8 Å². The van der Waals surface area contributed by atoms with E-state index >= 15 is 0 Å². The van der Waals surface area contributed by atoms with Gasteiger partial charge in [0.15, 0.2) is 0 Å². The number of benzene rings is 2. The smallest absolute Gasteiger partial charge is 0.240 e. The van der Waals surface area contributed by atoms with E-state index in [9.17, 15) is 14.0 Å². The minimum Gasteiger partial charge on any atom is -0.325 e. The molecule has 0 heterocycles. The van der Waals surface area contributed by atoms with Crippen LogP contribution < -0.4 is 10.6 Å². The fourth-order valence-electron chi connectivity index (χ4n) is 2.27. The molecule has 3 rings (SSSR count). The van der Waals surface area contributed by atoms with Crippen molar-refractivity contribution in [3.8, 4) is 0 Å². The Labute approximate surface area is 137 Å². The molecule has 4 nitrogen and oxygen atoms in total. The van der Waals surface area contributed by atoms with Gasteiger partial charge in [-0.2, -0.15) is 0 Å². The molecule has 1 aliphatic carbocycles. The summed E-state index contributed by atoms with van der Waals surface area (Å²) in [6, 6.07) is 12.2. The summed E-state index contributed by atoms with van der Waals surface area (Å²) in [5, 5.41) is 5.76. The number of nitrogens with one attached hydrogen (secondary N) is 2. The Morgan fingerprint density at radius 1 is 0.957 bits per heavy atom. The summed E-state index contributed by atoms with van der Waals surface area (Å²) in [5.74, 6) is -1.17. The Morgan fingerprint density at radius 2 is 1.57 bits per heavy atom. The van der Waals surface area contributed by atoms with E-state index in [0.717, 1.165) is 0 Å². The first kappa shape index (κ1) is 15.5. The number of carbonyl (C=O) groups excluding carboxylic acids is 2. The van der Waals surface area contributed by atoms with Crippen LogP contribution in [0, 0.1) is 11.2 Å². The number of carbonyl (C=O) groups is 2. The van der Waals surface area contributed by atoms with Crippen molar-refractivity contribution in [3.63, 3.8) is 0 Å². The second-order valence-corrected chi connectivity index (χ2v) is 5.88. The Bertz CT molecular complexity index is 757. The number of hydrogen-bond donors (Lipinski definition) is 2. The van der Waals surface area contributed by atoms with E-state index in [-0.39, 0.29) is 11.7 Å². The van der Waals surface area contributed by atoms with Gasteiger partial charge in [0.25, 0.3) is 0 Å². The fourth-order valence-corrected chi connectivity index (χ4v) is 2.45. The Hall–Kier alpha value is -2.40. The average molecular weight is 333 g/mol.